The summed E-state index contributed by atoms with van der Waals surface area (Å²) in [5, 5.41) is 14.8. The van der Waals surface area contributed by atoms with Gasteiger partial charge in [-0.3, -0.25) is 4.79 Å². The second-order valence-corrected chi connectivity index (χ2v) is 4.99. The Balaban J connectivity index is 4.26. The van der Waals surface area contributed by atoms with Gasteiger partial charge in [-0.2, -0.15) is 0 Å². The Hall–Kier alpha value is -1.26. The van der Waals surface area contributed by atoms with E-state index < -0.39 is 5.54 Å². The van der Waals surface area contributed by atoms with Crippen molar-refractivity contribution >= 4 is 11.7 Å². The van der Waals surface area contributed by atoms with Gasteiger partial charge < -0.3 is 16.3 Å². The van der Waals surface area contributed by atoms with Crippen molar-refractivity contribution in [3.05, 3.63) is 0 Å². The number of hydrogen-bond acceptors (Lipinski definition) is 3. The fourth-order valence-electron chi connectivity index (χ4n) is 2.17. The number of carbonyl (C=O) groups is 1. The van der Waals surface area contributed by atoms with E-state index in [-0.39, 0.29) is 11.7 Å². The van der Waals surface area contributed by atoms with Gasteiger partial charge in [0, 0.05) is 6.42 Å². The van der Waals surface area contributed by atoms with Crippen LogP contribution in [-0.2, 0) is 4.79 Å². The van der Waals surface area contributed by atoms with Crippen molar-refractivity contribution in [1.29, 1.82) is 0 Å². The van der Waals surface area contributed by atoms with Crippen LogP contribution in [0.5, 0.6) is 0 Å². The van der Waals surface area contributed by atoms with Crippen molar-refractivity contribution in [2.75, 3.05) is 0 Å². The van der Waals surface area contributed by atoms with Gasteiger partial charge in [-0.1, -0.05) is 51.6 Å². The van der Waals surface area contributed by atoms with E-state index >= 15 is 0 Å². The quantitative estimate of drug-likeness (QED) is 0.188. The Morgan fingerprint density at radius 1 is 1.16 bits per heavy atom. The van der Waals surface area contributed by atoms with E-state index in [0.717, 1.165) is 12.8 Å². The van der Waals surface area contributed by atoms with Crippen LogP contribution in [0.15, 0.2) is 5.16 Å². The third-order valence-corrected chi connectivity index (χ3v) is 3.69. The molecule has 0 radical (unpaired) electrons. The number of amides is 1. The standard InChI is InChI=1S/C14H29N3O2/c1-4-7-8-9-10-11-12(18)16-14(5-2,6-3)13(15)17-19/h19H,4-11H2,1-3H3,(H2,15,17)(H,16,18). The van der Waals surface area contributed by atoms with E-state index in [1.807, 2.05) is 13.8 Å². The summed E-state index contributed by atoms with van der Waals surface area (Å²) in [6.45, 7) is 6.01. The molecule has 0 aromatic carbocycles. The number of nitrogens with two attached hydrogens (primary N) is 1. The minimum Gasteiger partial charge on any atom is -0.409 e. The molecule has 0 heterocycles. The summed E-state index contributed by atoms with van der Waals surface area (Å²) in [7, 11) is 0. The van der Waals surface area contributed by atoms with Crippen molar-refractivity contribution in [2.24, 2.45) is 10.9 Å². The first-order valence-corrected chi connectivity index (χ1v) is 7.35. The maximum Gasteiger partial charge on any atom is 0.220 e. The predicted molar refractivity (Wildman–Crippen MR) is 78.2 cm³/mol. The molecule has 0 aliphatic rings. The first kappa shape index (κ1) is 17.7. The van der Waals surface area contributed by atoms with E-state index in [9.17, 15) is 4.79 Å². The lowest BCUT2D eigenvalue weighted by Gasteiger charge is -2.31. The maximum absolute atomic E-state index is 11.9. The van der Waals surface area contributed by atoms with Gasteiger partial charge in [0.05, 0.1) is 0 Å². The topological polar surface area (TPSA) is 87.7 Å². The zero-order valence-electron chi connectivity index (χ0n) is 12.5. The van der Waals surface area contributed by atoms with Gasteiger partial charge in [0.1, 0.15) is 5.54 Å². The molecule has 4 N–H and O–H groups in total. The van der Waals surface area contributed by atoms with Gasteiger partial charge >= 0.3 is 0 Å². The monoisotopic (exact) mass is 271 g/mol. The third-order valence-electron chi connectivity index (χ3n) is 3.69. The van der Waals surface area contributed by atoms with Crippen LogP contribution in [0.3, 0.4) is 0 Å². The highest BCUT2D eigenvalue weighted by Crippen LogP contribution is 2.16. The van der Waals surface area contributed by atoms with Crippen LogP contribution in [0.25, 0.3) is 0 Å². The summed E-state index contributed by atoms with van der Waals surface area (Å²) in [4.78, 5) is 11.9. The number of carbonyl (C=O) groups excluding carboxylic acids is 1. The van der Waals surface area contributed by atoms with Gasteiger partial charge in [-0.15, -0.1) is 0 Å². The molecule has 0 saturated carbocycles. The Morgan fingerprint density at radius 3 is 2.21 bits per heavy atom. The van der Waals surface area contributed by atoms with Crippen molar-refractivity contribution in [2.45, 2.75) is 77.7 Å². The Kier molecular flexibility index (Phi) is 9.00. The van der Waals surface area contributed by atoms with Crippen LogP contribution in [0.1, 0.15) is 72.1 Å². The second-order valence-electron chi connectivity index (χ2n) is 4.99. The van der Waals surface area contributed by atoms with E-state index in [2.05, 4.69) is 17.4 Å². The molecule has 0 unspecified atom stereocenters. The van der Waals surface area contributed by atoms with Gasteiger partial charge in [0.15, 0.2) is 5.84 Å². The maximum atomic E-state index is 11.9. The SMILES string of the molecule is CCCCCCCC(=O)NC(CC)(CC)/C(N)=N/O. The molecule has 112 valence electrons. The van der Waals surface area contributed by atoms with E-state index in [1.165, 1.54) is 19.3 Å². The lowest BCUT2D eigenvalue weighted by Crippen LogP contribution is -2.56. The molecule has 0 aromatic heterocycles. The second kappa shape index (κ2) is 9.64. The van der Waals surface area contributed by atoms with Gasteiger partial charge in [-0.25, -0.2) is 0 Å². The number of nitrogens with zero attached hydrogens (tertiary/aromatic N) is 1. The molecule has 0 fully saturated rings. The molecule has 1 amide bonds. The highest BCUT2D eigenvalue weighted by Gasteiger charge is 2.32. The Morgan fingerprint density at radius 2 is 1.74 bits per heavy atom. The fourth-order valence-corrected chi connectivity index (χ4v) is 2.17. The average Bonchev–Trinajstić information content (AvgIpc) is 2.43. The smallest absolute Gasteiger partial charge is 0.220 e. The average molecular weight is 271 g/mol. The molecular weight excluding hydrogens is 242 g/mol. The van der Waals surface area contributed by atoms with Crippen molar-refractivity contribution in [3.8, 4) is 0 Å². The highest BCUT2D eigenvalue weighted by molar-refractivity contribution is 5.93. The van der Waals surface area contributed by atoms with Gasteiger partial charge in [0.25, 0.3) is 0 Å². The van der Waals surface area contributed by atoms with Crippen molar-refractivity contribution in [1.82, 2.24) is 5.32 Å². The number of rotatable bonds is 10. The predicted octanol–water partition coefficient (Wildman–Crippen LogP) is 2.77. The molecule has 5 nitrogen and oxygen atoms in total. The summed E-state index contributed by atoms with van der Waals surface area (Å²) in [6.07, 6.45) is 7.30. The minimum absolute atomic E-state index is 0.0215. The summed E-state index contributed by atoms with van der Waals surface area (Å²) >= 11 is 0. The fraction of sp³-hybridized carbons (Fsp3) is 0.857. The molecule has 0 aliphatic heterocycles. The molecular formula is C14H29N3O2. The molecule has 0 aliphatic carbocycles. The van der Waals surface area contributed by atoms with Crippen LogP contribution in [0.4, 0.5) is 0 Å². The van der Waals surface area contributed by atoms with E-state index in [0.29, 0.717) is 19.3 Å². The van der Waals surface area contributed by atoms with Crippen LogP contribution in [0, 0.1) is 0 Å². The zero-order chi connectivity index (χ0) is 14.7. The molecule has 0 aromatic rings. The minimum atomic E-state index is -0.713. The summed E-state index contributed by atoms with van der Waals surface area (Å²) < 4.78 is 0. The van der Waals surface area contributed by atoms with Crippen LogP contribution < -0.4 is 11.1 Å². The normalized spacial score (nSPS) is 12.5. The van der Waals surface area contributed by atoms with E-state index in [4.69, 9.17) is 10.9 Å². The number of amidine groups is 1. The van der Waals surface area contributed by atoms with Crippen LogP contribution in [-0.4, -0.2) is 22.5 Å². The molecule has 0 saturated heterocycles. The molecule has 19 heavy (non-hydrogen) atoms. The van der Waals surface area contributed by atoms with Crippen LogP contribution in [0.2, 0.25) is 0 Å². The highest BCUT2D eigenvalue weighted by atomic mass is 16.4. The van der Waals surface area contributed by atoms with E-state index in [1.54, 1.807) is 0 Å². The van der Waals surface area contributed by atoms with Crippen LogP contribution >= 0.6 is 0 Å². The van der Waals surface area contributed by atoms with Gasteiger partial charge in [0.2, 0.25) is 5.91 Å². The number of unbranched alkanes of at least 4 members (excludes halogenated alkanes) is 4. The first-order valence-electron chi connectivity index (χ1n) is 7.35. The Labute approximate surface area is 116 Å². The lowest BCUT2D eigenvalue weighted by molar-refractivity contribution is -0.122. The van der Waals surface area contributed by atoms with Gasteiger partial charge in [-0.05, 0) is 19.3 Å². The number of nitrogens with one attached hydrogen (secondary N) is 1. The Bertz CT molecular complexity index is 286. The third kappa shape index (κ3) is 5.94. The number of hydrogen-bond donors (Lipinski definition) is 3. The molecule has 5 heteroatoms. The zero-order valence-corrected chi connectivity index (χ0v) is 12.5. The largest absolute Gasteiger partial charge is 0.409 e. The van der Waals surface area contributed by atoms with Crippen molar-refractivity contribution in [3.63, 3.8) is 0 Å². The lowest BCUT2D eigenvalue weighted by atomic mass is 9.91. The molecule has 0 atom stereocenters. The first-order chi connectivity index (χ1) is 9.06. The van der Waals surface area contributed by atoms with Crippen molar-refractivity contribution < 1.29 is 10.0 Å². The summed E-state index contributed by atoms with van der Waals surface area (Å²) in [5.41, 5.74) is 4.99. The summed E-state index contributed by atoms with van der Waals surface area (Å²) in [5.74, 6) is 0.0589. The molecule has 0 spiro atoms. The summed E-state index contributed by atoms with van der Waals surface area (Å²) in [6, 6.07) is 0. The molecule has 0 rings (SSSR count). The molecule has 0 bridgehead atoms. The number of oxime groups is 1.